The SMILES string of the molecule is COc1ccc(N2CCN(CCCNC(=O)C3CCN(c4nc5cccnc5s4)CC3)CC2)cc1. The van der Waals surface area contributed by atoms with Gasteiger partial charge in [-0.15, -0.1) is 0 Å². The normalized spacial score (nSPS) is 17.6. The third-order valence-corrected chi connectivity index (χ3v) is 8.09. The van der Waals surface area contributed by atoms with E-state index in [9.17, 15) is 4.79 Å². The Labute approximate surface area is 210 Å². The van der Waals surface area contributed by atoms with E-state index in [4.69, 9.17) is 9.72 Å². The molecular formula is C26H34N6O2S. The van der Waals surface area contributed by atoms with Crippen molar-refractivity contribution in [1.82, 2.24) is 20.2 Å². The van der Waals surface area contributed by atoms with E-state index in [-0.39, 0.29) is 11.8 Å². The molecule has 1 N–H and O–H groups in total. The minimum atomic E-state index is 0.104. The highest BCUT2D eigenvalue weighted by molar-refractivity contribution is 7.21. The summed E-state index contributed by atoms with van der Waals surface area (Å²) in [4.78, 5) is 30.0. The Morgan fingerprint density at radius 3 is 2.54 bits per heavy atom. The number of thiazole rings is 1. The molecule has 2 aliphatic heterocycles. The van der Waals surface area contributed by atoms with Crippen LogP contribution in [-0.2, 0) is 4.79 Å². The second-order valence-electron chi connectivity index (χ2n) is 9.26. The number of hydrogen-bond acceptors (Lipinski definition) is 8. The predicted octanol–water partition coefficient (Wildman–Crippen LogP) is 3.24. The summed E-state index contributed by atoms with van der Waals surface area (Å²) in [6, 6.07) is 12.2. The number of benzene rings is 1. The van der Waals surface area contributed by atoms with Gasteiger partial charge in [-0.05, 0) is 62.2 Å². The zero-order valence-corrected chi connectivity index (χ0v) is 21.2. The maximum Gasteiger partial charge on any atom is 0.223 e. The van der Waals surface area contributed by atoms with Gasteiger partial charge in [0, 0.05) is 63.6 Å². The summed E-state index contributed by atoms with van der Waals surface area (Å²) in [6.45, 7) is 7.69. The van der Waals surface area contributed by atoms with Gasteiger partial charge in [-0.1, -0.05) is 11.3 Å². The lowest BCUT2D eigenvalue weighted by molar-refractivity contribution is -0.125. The molecular weight excluding hydrogens is 460 g/mol. The van der Waals surface area contributed by atoms with Crippen molar-refractivity contribution in [3.05, 3.63) is 42.6 Å². The lowest BCUT2D eigenvalue weighted by Gasteiger charge is -2.36. The van der Waals surface area contributed by atoms with Gasteiger partial charge < -0.3 is 19.9 Å². The molecule has 0 aliphatic carbocycles. The molecule has 2 saturated heterocycles. The predicted molar refractivity (Wildman–Crippen MR) is 142 cm³/mol. The van der Waals surface area contributed by atoms with E-state index in [1.165, 1.54) is 5.69 Å². The number of methoxy groups -OCH3 is 1. The van der Waals surface area contributed by atoms with E-state index >= 15 is 0 Å². The van der Waals surface area contributed by atoms with Gasteiger partial charge in [0.1, 0.15) is 16.1 Å². The number of anilines is 2. The lowest BCUT2D eigenvalue weighted by Crippen LogP contribution is -2.47. The number of nitrogens with zero attached hydrogens (tertiary/aromatic N) is 5. The molecule has 35 heavy (non-hydrogen) atoms. The third kappa shape index (κ3) is 5.85. The molecule has 1 aromatic carbocycles. The van der Waals surface area contributed by atoms with Crippen molar-refractivity contribution in [2.24, 2.45) is 5.92 Å². The Kier molecular flexibility index (Phi) is 7.63. The molecule has 1 amide bonds. The maximum atomic E-state index is 12.7. The van der Waals surface area contributed by atoms with E-state index in [1.54, 1.807) is 18.4 Å². The van der Waals surface area contributed by atoms with Crippen LogP contribution in [0.15, 0.2) is 42.6 Å². The Balaban J connectivity index is 0.978. The maximum absolute atomic E-state index is 12.7. The molecule has 0 saturated carbocycles. The summed E-state index contributed by atoms with van der Waals surface area (Å²) >= 11 is 1.63. The summed E-state index contributed by atoms with van der Waals surface area (Å²) in [5, 5.41) is 4.20. The molecule has 2 aliphatic rings. The van der Waals surface area contributed by atoms with Gasteiger partial charge in [0.2, 0.25) is 5.91 Å². The highest BCUT2D eigenvalue weighted by Crippen LogP contribution is 2.30. The number of rotatable bonds is 8. The number of amides is 1. The van der Waals surface area contributed by atoms with Crippen molar-refractivity contribution < 1.29 is 9.53 Å². The fourth-order valence-corrected chi connectivity index (χ4v) is 5.87. The van der Waals surface area contributed by atoms with E-state index in [0.29, 0.717) is 0 Å². The molecule has 4 heterocycles. The van der Waals surface area contributed by atoms with Crippen LogP contribution in [0.4, 0.5) is 10.8 Å². The van der Waals surface area contributed by atoms with E-state index < -0.39 is 0 Å². The highest BCUT2D eigenvalue weighted by atomic mass is 32.1. The van der Waals surface area contributed by atoms with E-state index in [1.807, 2.05) is 30.5 Å². The first-order chi connectivity index (χ1) is 17.2. The third-order valence-electron chi connectivity index (χ3n) is 7.05. The van der Waals surface area contributed by atoms with Crippen LogP contribution < -0.4 is 19.9 Å². The van der Waals surface area contributed by atoms with Crippen molar-refractivity contribution in [3.63, 3.8) is 0 Å². The van der Waals surface area contributed by atoms with Crippen LogP contribution in [0.2, 0.25) is 0 Å². The lowest BCUT2D eigenvalue weighted by atomic mass is 9.96. The second-order valence-corrected chi connectivity index (χ2v) is 10.2. The van der Waals surface area contributed by atoms with Crippen LogP contribution in [0.5, 0.6) is 5.75 Å². The van der Waals surface area contributed by atoms with Crippen LogP contribution in [0, 0.1) is 5.92 Å². The van der Waals surface area contributed by atoms with Gasteiger partial charge in [-0.25, -0.2) is 9.97 Å². The second kappa shape index (κ2) is 11.2. The number of aromatic nitrogens is 2. The topological polar surface area (TPSA) is 73.8 Å². The number of carbonyl (C=O) groups excluding carboxylic acids is 1. The average Bonchev–Trinajstić information content (AvgIpc) is 3.36. The first-order valence-corrected chi connectivity index (χ1v) is 13.4. The minimum Gasteiger partial charge on any atom is -0.497 e. The molecule has 9 heteroatoms. The number of hydrogen-bond donors (Lipinski definition) is 1. The molecule has 0 radical (unpaired) electrons. The standard InChI is InChI=1S/C26H34N6O2S/c1-34-22-7-5-21(6-8-22)31-18-16-30(17-19-31)13-3-12-27-24(33)20-9-14-32(15-10-20)26-29-23-4-2-11-28-25(23)35-26/h2,4-8,11,20H,3,9-10,12-19H2,1H3,(H,27,33). The van der Waals surface area contributed by atoms with E-state index in [0.717, 1.165) is 92.8 Å². The molecule has 0 bridgehead atoms. The van der Waals surface area contributed by atoms with Crippen LogP contribution in [-0.4, -0.2) is 80.2 Å². The molecule has 0 spiro atoms. The number of piperidine rings is 1. The molecule has 0 unspecified atom stereocenters. The molecule has 0 atom stereocenters. The fourth-order valence-electron chi connectivity index (χ4n) is 4.91. The van der Waals surface area contributed by atoms with Crippen molar-refractivity contribution >= 4 is 38.4 Å². The van der Waals surface area contributed by atoms with Crippen molar-refractivity contribution in [3.8, 4) is 5.75 Å². The van der Waals surface area contributed by atoms with Gasteiger partial charge in [0.05, 0.1) is 7.11 Å². The molecule has 5 rings (SSSR count). The number of piperazine rings is 1. The molecule has 2 aromatic heterocycles. The summed E-state index contributed by atoms with van der Waals surface area (Å²) < 4.78 is 5.25. The van der Waals surface area contributed by atoms with Gasteiger partial charge in [-0.2, -0.15) is 0 Å². The minimum absolute atomic E-state index is 0.104. The Morgan fingerprint density at radius 2 is 1.83 bits per heavy atom. The Hall–Kier alpha value is -2.91. The highest BCUT2D eigenvalue weighted by Gasteiger charge is 2.26. The zero-order chi connectivity index (χ0) is 24.0. The summed E-state index contributed by atoms with van der Waals surface area (Å²) in [5.41, 5.74) is 2.21. The summed E-state index contributed by atoms with van der Waals surface area (Å²) in [7, 11) is 1.70. The van der Waals surface area contributed by atoms with Crippen LogP contribution in [0.3, 0.4) is 0 Å². The van der Waals surface area contributed by atoms with Gasteiger partial charge in [0.15, 0.2) is 5.13 Å². The number of ether oxygens (including phenoxy) is 1. The molecule has 186 valence electrons. The molecule has 2 fully saturated rings. The summed E-state index contributed by atoms with van der Waals surface area (Å²) in [5.74, 6) is 1.21. The number of carbonyl (C=O) groups is 1. The monoisotopic (exact) mass is 494 g/mol. The van der Waals surface area contributed by atoms with Gasteiger partial charge >= 0.3 is 0 Å². The smallest absolute Gasteiger partial charge is 0.223 e. The number of fused-ring (bicyclic) bond motifs is 1. The first kappa shape index (κ1) is 23.8. The van der Waals surface area contributed by atoms with Crippen molar-refractivity contribution in [2.75, 3.05) is 69.3 Å². The molecule has 8 nitrogen and oxygen atoms in total. The largest absolute Gasteiger partial charge is 0.497 e. The zero-order valence-electron chi connectivity index (χ0n) is 20.4. The van der Waals surface area contributed by atoms with Crippen LogP contribution >= 0.6 is 11.3 Å². The van der Waals surface area contributed by atoms with Gasteiger partial charge in [-0.3, -0.25) is 9.69 Å². The number of nitrogens with one attached hydrogen (secondary N) is 1. The van der Waals surface area contributed by atoms with Crippen LogP contribution in [0.25, 0.3) is 10.3 Å². The first-order valence-electron chi connectivity index (χ1n) is 12.6. The summed E-state index contributed by atoms with van der Waals surface area (Å²) in [6.07, 6.45) is 4.56. The quantitative estimate of drug-likeness (QED) is 0.482. The Morgan fingerprint density at radius 1 is 1.06 bits per heavy atom. The van der Waals surface area contributed by atoms with Crippen LogP contribution in [0.1, 0.15) is 19.3 Å². The van der Waals surface area contributed by atoms with Gasteiger partial charge in [0.25, 0.3) is 0 Å². The average molecular weight is 495 g/mol. The van der Waals surface area contributed by atoms with Crippen molar-refractivity contribution in [2.45, 2.75) is 19.3 Å². The van der Waals surface area contributed by atoms with Crippen molar-refractivity contribution in [1.29, 1.82) is 0 Å². The van der Waals surface area contributed by atoms with E-state index in [2.05, 4.69) is 37.1 Å². The Bertz CT molecular complexity index is 1070. The molecule has 3 aromatic rings. The fraction of sp³-hybridized carbons (Fsp3) is 0.500. The number of pyridine rings is 1.